The van der Waals surface area contributed by atoms with Crippen molar-refractivity contribution in [2.75, 3.05) is 6.67 Å². The van der Waals surface area contributed by atoms with Crippen molar-refractivity contribution in [2.24, 2.45) is 0 Å². The van der Waals surface area contributed by atoms with Crippen LogP contribution in [0.2, 0.25) is 0 Å². The van der Waals surface area contributed by atoms with Gasteiger partial charge in [0.15, 0.2) is 18.3 Å². The Morgan fingerprint density at radius 2 is 1.44 bits per heavy atom. The Morgan fingerprint density at radius 1 is 0.926 bits per heavy atom. The van der Waals surface area contributed by atoms with Gasteiger partial charge in [-0.15, -0.1) is 0 Å². The highest BCUT2D eigenvalue weighted by Crippen LogP contribution is 2.37. The SMILES string of the molecule is CC(=O)O[C@@H]1[C@@H](OC(C)=O)[C@H](Sc2ccccc2)O[C@H](CF)[C@H]1OC(C)=O. The van der Waals surface area contributed by atoms with Gasteiger partial charge in [-0.25, -0.2) is 4.39 Å². The Bertz CT molecular complexity index is 669. The summed E-state index contributed by atoms with van der Waals surface area (Å²) < 4.78 is 35.1. The van der Waals surface area contributed by atoms with Crippen molar-refractivity contribution in [1.29, 1.82) is 0 Å². The number of esters is 3. The third-order valence-electron chi connectivity index (χ3n) is 3.64. The second kappa shape index (κ2) is 9.70. The number of carbonyl (C=O) groups is 3. The Hall–Kier alpha value is -2.13. The predicted octanol–water partition coefficient (Wildman–Crippen LogP) is 2.27. The first-order valence-corrected chi connectivity index (χ1v) is 9.14. The summed E-state index contributed by atoms with van der Waals surface area (Å²) in [6.45, 7) is 2.52. The van der Waals surface area contributed by atoms with E-state index in [4.69, 9.17) is 18.9 Å². The average Bonchev–Trinajstić information content (AvgIpc) is 2.59. The van der Waals surface area contributed by atoms with E-state index in [9.17, 15) is 18.8 Å². The van der Waals surface area contributed by atoms with E-state index in [1.165, 1.54) is 18.7 Å². The second-order valence-electron chi connectivity index (χ2n) is 5.85. The van der Waals surface area contributed by atoms with Gasteiger partial charge in [0.2, 0.25) is 0 Å². The van der Waals surface area contributed by atoms with E-state index in [-0.39, 0.29) is 0 Å². The van der Waals surface area contributed by atoms with Gasteiger partial charge in [0.05, 0.1) is 0 Å². The maximum Gasteiger partial charge on any atom is 0.303 e. The first-order valence-electron chi connectivity index (χ1n) is 8.26. The molecule has 0 radical (unpaired) electrons. The second-order valence-corrected chi connectivity index (χ2v) is 7.02. The molecule has 1 aliphatic heterocycles. The summed E-state index contributed by atoms with van der Waals surface area (Å²) >= 11 is 1.19. The number of hydrogen-bond acceptors (Lipinski definition) is 8. The van der Waals surface area contributed by atoms with E-state index in [1.54, 1.807) is 0 Å². The lowest BCUT2D eigenvalue weighted by Gasteiger charge is -2.43. The van der Waals surface area contributed by atoms with Gasteiger partial charge in [-0.1, -0.05) is 30.0 Å². The molecule has 1 heterocycles. The standard InChI is InChI=1S/C18H21FO7S/c1-10(20)23-15-14(9-19)26-18(27-13-7-5-4-6-8-13)17(25-12(3)22)16(15)24-11(2)21/h4-8,14-18H,9H2,1-3H3/t14-,15-,16+,17-,18+/m1/s1. The molecular formula is C18H21FO7S. The van der Waals surface area contributed by atoms with Gasteiger partial charge in [0.1, 0.15) is 18.2 Å². The molecule has 0 bridgehead atoms. The molecule has 5 atom stereocenters. The Balaban J connectivity index is 2.38. The Labute approximate surface area is 160 Å². The van der Waals surface area contributed by atoms with E-state index in [0.29, 0.717) is 0 Å². The fourth-order valence-electron chi connectivity index (χ4n) is 2.71. The predicted molar refractivity (Wildman–Crippen MR) is 93.6 cm³/mol. The maximum atomic E-state index is 13.6. The first-order chi connectivity index (χ1) is 12.8. The molecule has 148 valence electrons. The molecular weight excluding hydrogens is 379 g/mol. The van der Waals surface area contributed by atoms with Gasteiger partial charge in [-0.05, 0) is 12.1 Å². The summed E-state index contributed by atoms with van der Waals surface area (Å²) in [6.07, 6.45) is -4.71. The monoisotopic (exact) mass is 400 g/mol. The molecule has 1 saturated heterocycles. The lowest BCUT2D eigenvalue weighted by atomic mass is 9.99. The van der Waals surface area contributed by atoms with E-state index >= 15 is 0 Å². The highest BCUT2D eigenvalue weighted by Gasteiger charge is 2.52. The first kappa shape index (κ1) is 21.2. The molecule has 7 nitrogen and oxygen atoms in total. The zero-order valence-corrected chi connectivity index (χ0v) is 15.9. The van der Waals surface area contributed by atoms with Crippen LogP contribution >= 0.6 is 11.8 Å². The molecule has 0 aromatic heterocycles. The molecule has 0 N–H and O–H groups in total. The Morgan fingerprint density at radius 3 is 1.96 bits per heavy atom. The van der Waals surface area contributed by atoms with Gasteiger partial charge in [0.25, 0.3) is 0 Å². The highest BCUT2D eigenvalue weighted by molar-refractivity contribution is 7.99. The number of alkyl halides is 1. The summed E-state index contributed by atoms with van der Waals surface area (Å²) in [7, 11) is 0. The summed E-state index contributed by atoms with van der Waals surface area (Å²) in [5, 5.41) is 0. The van der Waals surface area contributed by atoms with Crippen molar-refractivity contribution >= 4 is 29.7 Å². The van der Waals surface area contributed by atoms with Crippen LogP contribution in [0.4, 0.5) is 4.39 Å². The molecule has 1 aromatic rings. The van der Waals surface area contributed by atoms with Crippen molar-refractivity contribution in [2.45, 2.75) is 55.5 Å². The van der Waals surface area contributed by atoms with Crippen molar-refractivity contribution in [3.05, 3.63) is 30.3 Å². The smallest absolute Gasteiger partial charge is 0.303 e. The molecule has 0 amide bonds. The minimum absolute atomic E-state index is 0.639. The lowest BCUT2D eigenvalue weighted by Crippen LogP contribution is -2.61. The summed E-state index contributed by atoms with van der Waals surface area (Å²) in [4.78, 5) is 35.4. The number of carbonyl (C=O) groups excluding carboxylic acids is 3. The molecule has 9 heteroatoms. The third-order valence-corrected chi connectivity index (χ3v) is 4.80. The van der Waals surface area contributed by atoms with Crippen molar-refractivity contribution < 1.29 is 37.7 Å². The quantitative estimate of drug-likeness (QED) is 0.531. The van der Waals surface area contributed by atoms with E-state index in [2.05, 4.69) is 0 Å². The number of thioether (sulfide) groups is 1. The number of benzene rings is 1. The van der Waals surface area contributed by atoms with Crippen LogP contribution in [0.3, 0.4) is 0 Å². The van der Waals surface area contributed by atoms with Gasteiger partial charge in [-0.2, -0.15) is 0 Å². The summed E-state index contributed by atoms with van der Waals surface area (Å²) in [5.41, 5.74) is -0.867. The summed E-state index contributed by atoms with van der Waals surface area (Å²) in [6, 6.07) is 9.07. The molecule has 1 aromatic carbocycles. The fourth-order valence-corrected chi connectivity index (χ4v) is 3.83. The van der Waals surface area contributed by atoms with Crippen molar-refractivity contribution in [3.63, 3.8) is 0 Å². The third kappa shape index (κ3) is 5.93. The van der Waals surface area contributed by atoms with E-state index < -0.39 is 54.4 Å². The van der Waals surface area contributed by atoms with Gasteiger partial charge < -0.3 is 18.9 Å². The fraction of sp³-hybridized carbons (Fsp3) is 0.500. The van der Waals surface area contributed by atoms with Crippen molar-refractivity contribution in [3.8, 4) is 0 Å². The average molecular weight is 400 g/mol. The molecule has 0 aliphatic carbocycles. The molecule has 0 unspecified atom stereocenters. The van der Waals surface area contributed by atoms with Crippen molar-refractivity contribution in [1.82, 2.24) is 0 Å². The minimum Gasteiger partial charge on any atom is -0.456 e. The molecule has 2 rings (SSSR count). The zero-order chi connectivity index (χ0) is 20.0. The maximum absolute atomic E-state index is 13.6. The topological polar surface area (TPSA) is 88.1 Å². The van der Waals surface area contributed by atoms with Crippen LogP contribution in [0.5, 0.6) is 0 Å². The molecule has 0 saturated carbocycles. The van der Waals surface area contributed by atoms with Crippen LogP contribution < -0.4 is 0 Å². The highest BCUT2D eigenvalue weighted by atomic mass is 32.2. The van der Waals surface area contributed by atoms with Gasteiger partial charge >= 0.3 is 17.9 Å². The minimum atomic E-state index is -1.24. The van der Waals surface area contributed by atoms with Crippen LogP contribution in [-0.4, -0.2) is 54.4 Å². The molecule has 1 fully saturated rings. The largest absolute Gasteiger partial charge is 0.456 e. The number of halogens is 1. The molecule has 27 heavy (non-hydrogen) atoms. The number of rotatable bonds is 6. The van der Waals surface area contributed by atoms with Gasteiger partial charge in [0, 0.05) is 25.7 Å². The van der Waals surface area contributed by atoms with Gasteiger partial charge in [-0.3, -0.25) is 14.4 Å². The normalized spacial score (nSPS) is 27.5. The number of ether oxygens (including phenoxy) is 4. The van der Waals surface area contributed by atoms with E-state index in [1.807, 2.05) is 30.3 Å². The van der Waals surface area contributed by atoms with Crippen LogP contribution in [0.15, 0.2) is 35.2 Å². The molecule has 0 spiro atoms. The molecule has 1 aliphatic rings. The van der Waals surface area contributed by atoms with Crippen LogP contribution in [0.25, 0.3) is 0 Å². The lowest BCUT2D eigenvalue weighted by molar-refractivity contribution is -0.233. The Kier molecular flexibility index (Phi) is 7.61. The zero-order valence-electron chi connectivity index (χ0n) is 15.1. The summed E-state index contributed by atoms with van der Waals surface area (Å²) in [5.74, 6) is -2.02. The number of hydrogen-bond donors (Lipinski definition) is 0. The van der Waals surface area contributed by atoms with Crippen LogP contribution in [0.1, 0.15) is 20.8 Å². The van der Waals surface area contributed by atoms with E-state index in [0.717, 1.165) is 18.7 Å². The van der Waals surface area contributed by atoms with Crippen LogP contribution in [0, 0.1) is 0 Å². The van der Waals surface area contributed by atoms with Crippen LogP contribution in [-0.2, 0) is 33.3 Å².